The Balaban J connectivity index is 1.77. The molecule has 4 heteroatoms. The van der Waals surface area contributed by atoms with Gasteiger partial charge in [-0.25, -0.2) is 4.39 Å². The van der Waals surface area contributed by atoms with Crippen molar-refractivity contribution in [1.82, 2.24) is 0 Å². The molecule has 0 bridgehead atoms. The summed E-state index contributed by atoms with van der Waals surface area (Å²) in [5.41, 5.74) is 0.525. The summed E-state index contributed by atoms with van der Waals surface area (Å²) in [5, 5.41) is 8.84. The number of halogens is 1. The maximum atomic E-state index is 14.2. The van der Waals surface area contributed by atoms with Gasteiger partial charge in [-0.05, 0) is 49.9 Å². The van der Waals surface area contributed by atoms with E-state index in [-0.39, 0.29) is 11.9 Å². The molecule has 0 atom stereocenters. The van der Waals surface area contributed by atoms with Crippen molar-refractivity contribution in [1.29, 1.82) is 5.26 Å². The minimum absolute atomic E-state index is 0.218. The van der Waals surface area contributed by atoms with Crippen LogP contribution in [0.5, 0.6) is 5.75 Å². The van der Waals surface area contributed by atoms with Crippen LogP contribution in [0.2, 0.25) is 0 Å². The molecule has 0 amide bonds. The lowest BCUT2D eigenvalue weighted by molar-refractivity contribution is 0.154. The first-order valence-corrected chi connectivity index (χ1v) is 8.04. The van der Waals surface area contributed by atoms with Crippen molar-refractivity contribution in [2.75, 3.05) is 0 Å². The Morgan fingerprint density at radius 2 is 1.95 bits per heavy atom. The largest absolute Gasteiger partial charge is 0.490 e. The second-order valence-corrected chi connectivity index (χ2v) is 6.38. The highest BCUT2D eigenvalue weighted by Crippen LogP contribution is 2.32. The fraction of sp³-hybridized carbons (Fsp3) is 0.353. The number of ether oxygens (including phenoxy) is 1. The molecule has 0 unspecified atom stereocenters. The van der Waals surface area contributed by atoms with E-state index in [1.807, 2.05) is 6.07 Å². The molecule has 1 aromatic carbocycles. The Hall–Kier alpha value is -1.86. The third-order valence-electron chi connectivity index (χ3n) is 3.78. The molecule has 1 aliphatic carbocycles. The quantitative estimate of drug-likeness (QED) is 0.786. The van der Waals surface area contributed by atoms with Crippen LogP contribution >= 0.6 is 11.3 Å². The standard InChI is InChI=1S/C17H16FNOS/c18-16-10-13(20-12-4-2-1-3-5-12)6-8-15(16)17-9-7-14(11-19)21-17/h6-10,12H,1-5H2. The average molecular weight is 301 g/mol. The number of hydrogen-bond donors (Lipinski definition) is 0. The van der Waals surface area contributed by atoms with Gasteiger partial charge in [-0.1, -0.05) is 6.42 Å². The Labute approximate surface area is 127 Å². The summed E-state index contributed by atoms with van der Waals surface area (Å²) in [4.78, 5) is 1.36. The van der Waals surface area contributed by atoms with E-state index in [2.05, 4.69) is 6.07 Å². The zero-order chi connectivity index (χ0) is 14.7. The molecule has 1 heterocycles. The second kappa shape index (κ2) is 6.28. The van der Waals surface area contributed by atoms with E-state index in [1.54, 1.807) is 18.2 Å². The fourth-order valence-corrected chi connectivity index (χ4v) is 3.52. The Morgan fingerprint density at radius 3 is 2.62 bits per heavy atom. The van der Waals surface area contributed by atoms with Gasteiger partial charge in [-0.3, -0.25) is 0 Å². The molecule has 0 N–H and O–H groups in total. The Morgan fingerprint density at radius 1 is 1.14 bits per heavy atom. The molecule has 1 aliphatic rings. The number of rotatable bonds is 3. The van der Waals surface area contributed by atoms with Crippen LogP contribution in [-0.2, 0) is 0 Å². The van der Waals surface area contributed by atoms with Crippen LogP contribution in [0, 0.1) is 17.1 Å². The number of thiophene rings is 1. The van der Waals surface area contributed by atoms with Gasteiger partial charge in [0.2, 0.25) is 0 Å². The zero-order valence-electron chi connectivity index (χ0n) is 11.6. The van der Waals surface area contributed by atoms with E-state index >= 15 is 0 Å². The Kier molecular flexibility index (Phi) is 4.21. The summed E-state index contributed by atoms with van der Waals surface area (Å²) >= 11 is 1.30. The summed E-state index contributed by atoms with van der Waals surface area (Å²) in [6.07, 6.45) is 5.98. The van der Waals surface area contributed by atoms with Crippen molar-refractivity contribution in [3.05, 3.63) is 41.0 Å². The van der Waals surface area contributed by atoms with Gasteiger partial charge in [0, 0.05) is 16.5 Å². The summed E-state index contributed by atoms with van der Waals surface area (Å²) in [6.45, 7) is 0. The smallest absolute Gasteiger partial charge is 0.135 e. The average Bonchev–Trinajstić information content (AvgIpc) is 2.97. The molecule has 0 spiro atoms. The molecule has 0 saturated heterocycles. The molecule has 108 valence electrons. The molecule has 3 rings (SSSR count). The number of nitrogens with zero attached hydrogens (tertiary/aromatic N) is 1. The number of nitriles is 1. The van der Waals surface area contributed by atoms with Crippen molar-refractivity contribution in [2.45, 2.75) is 38.2 Å². The lowest BCUT2D eigenvalue weighted by Crippen LogP contribution is -2.19. The molecule has 1 saturated carbocycles. The highest BCUT2D eigenvalue weighted by Gasteiger charge is 2.16. The van der Waals surface area contributed by atoms with Gasteiger partial charge in [0.15, 0.2) is 0 Å². The van der Waals surface area contributed by atoms with Crippen molar-refractivity contribution in [3.63, 3.8) is 0 Å². The molecule has 2 nitrogen and oxygen atoms in total. The van der Waals surface area contributed by atoms with Gasteiger partial charge in [-0.2, -0.15) is 5.26 Å². The molecule has 0 aliphatic heterocycles. The van der Waals surface area contributed by atoms with Crippen molar-refractivity contribution < 1.29 is 9.13 Å². The van der Waals surface area contributed by atoms with Crippen molar-refractivity contribution in [2.24, 2.45) is 0 Å². The molecular weight excluding hydrogens is 285 g/mol. The van der Waals surface area contributed by atoms with Crippen molar-refractivity contribution in [3.8, 4) is 22.3 Å². The number of benzene rings is 1. The van der Waals surface area contributed by atoms with Gasteiger partial charge in [0.1, 0.15) is 22.5 Å². The maximum Gasteiger partial charge on any atom is 0.135 e. The van der Waals surface area contributed by atoms with Gasteiger partial charge < -0.3 is 4.74 Å². The van der Waals surface area contributed by atoms with Gasteiger partial charge in [0.05, 0.1) is 6.10 Å². The summed E-state index contributed by atoms with van der Waals surface area (Å²) in [7, 11) is 0. The molecule has 21 heavy (non-hydrogen) atoms. The van der Waals surface area contributed by atoms with Crippen LogP contribution in [0.4, 0.5) is 4.39 Å². The SMILES string of the molecule is N#Cc1ccc(-c2ccc(OC3CCCCC3)cc2F)s1. The first-order valence-electron chi connectivity index (χ1n) is 7.23. The van der Waals surface area contributed by atoms with E-state index < -0.39 is 0 Å². The minimum atomic E-state index is -0.297. The normalized spacial score (nSPS) is 15.6. The van der Waals surface area contributed by atoms with E-state index in [4.69, 9.17) is 10.00 Å². The lowest BCUT2D eigenvalue weighted by atomic mass is 9.98. The molecule has 1 fully saturated rings. The van der Waals surface area contributed by atoms with E-state index in [9.17, 15) is 4.39 Å². The predicted molar refractivity (Wildman–Crippen MR) is 81.9 cm³/mol. The third kappa shape index (κ3) is 3.25. The van der Waals surface area contributed by atoms with Crippen LogP contribution < -0.4 is 4.74 Å². The second-order valence-electron chi connectivity index (χ2n) is 5.30. The van der Waals surface area contributed by atoms with E-state index in [0.717, 1.165) is 17.7 Å². The topological polar surface area (TPSA) is 33.0 Å². The van der Waals surface area contributed by atoms with Crippen LogP contribution in [0.25, 0.3) is 10.4 Å². The van der Waals surface area contributed by atoms with Gasteiger partial charge in [-0.15, -0.1) is 11.3 Å². The van der Waals surface area contributed by atoms with Crippen molar-refractivity contribution >= 4 is 11.3 Å². The minimum Gasteiger partial charge on any atom is -0.490 e. The molecule has 1 aromatic heterocycles. The number of hydrogen-bond acceptors (Lipinski definition) is 3. The van der Waals surface area contributed by atoms with Gasteiger partial charge >= 0.3 is 0 Å². The first-order chi connectivity index (χ1) is 10.3. The highest BCUT2D eigenvalue weighted by atomic mass is 32.1. The summed E-state index contributed by atoms with van der Waals surface area (Å²) < 4.78 is 20.1. The maximum absolute atomic E-state index is 14.2. The van der Waals surface area contributed by atoms with Crippen LogP contribution in [0.1, 0.15) is 37.0 Å². The first kappa shape index (κ1) is 14.1. The third-order valence-corrected chi connectivity index (χ3v) is 4.80. The monoisotopic (exact) mass is 301 g/mol. The molecular formula is C17H16FNOS. The van der Waals surface area contributed by atoms with E-state index in [0.29, 0.717) is 16.2 Å². The molecule has 2 aromatic rings. The van der Waals surface area contributed by atoms with Crippen LogP contribution in [0.3, 0.4) is 0 Å². The highest BCUT2D eigenvalue weighted by molar-refractivity contribution is 7.16. The fourth-order valence-electron chi connectivity index (χ4n) is 2.69. The van der Waals surface area contributed by atoms with E-state index in [1.165, 1.54) is 36.7 Å². The summed E-state index contributed by atoms with van der Waals surface area (Å²) in [5.74, 6) is 0.301. The Bertz CT molecular complexity index is 668. The summed E-state index contributed by atoms with van der Waals surface area (Å²) in [6, 6.07) is 10.6. The zero-order valence-corrected chi connectivity index (χ0v) is 12.5. The van der Waals surface area contributed by atoms with Gasteiger partial charge in [0.25, 0.3) is 0 Å². The predicted octanol–water partition coefficient (Wildman–Crippen LogP) is 5.14. The lowest BCUT2D eigenvalue weighted by Gasteiger charge is -2.23. The van der Waals surface area contributed by atoms with Crippen LogP contribution in [0.15, 0.2) is 30.3 Å². The molecule has 0 radical (unpaired) electrons. The van der Waals surface area contributed by atoms with Crippen LogP contribution in [-0.4, -0.2) is 6.10 Å².